The summed E-state index contributed by atoms with van der Waals surface area (Å²) in [5.41, 5.74) is 2.59. The van der Waals surface area contributed by atoms with Crippen molar-refractivity contribution in [3.63, 3.8) is 0 Å². The van der Waals surface area contributed by atoms with Crippen molar-refractivity contribution < 1.29 is 4.79 Å². The smallest absolute Gasteiger partial charge is 0.152 e. The van der Waals surface area contributed by atoms with Crippen molar-refractivity contribution in [1.29, 1.82) is 0 Å². The van der Waals surface area contributed by atoms with Crippen molar-refractivity contribution in [3.8, 4) is 11.1 Å². The van der Waals surface area contributed by atoms with Crippen molar-refractivity contribution in [2.24, 2.45) is 0 Å². The molecule has 2 nitrogen and oxygen atoms in total. The van der Waals surface area contributed by atoms with Gasteiger partial charge in [-0.2, -0.15) is 0 Å². The zero-order valence-corrected chi connectivity index (χ0v) is 10.0. The molecule has 74 valence electrons. The first kappa shape index (κ1) is 10.3. The summed E-state index contributed by atoms with van der Waals surface area (Å²) in [6.45, 7) is 0. The normalized spacial score (nSPS) is 9.93. The van der Waals surface area contributed by atoms with E-state index in [1.807, 2.05) is 30.3 Å². The summed E-state index contributed by atoms with van der Waals surface area (Å²) in [4.78, 5) is 14.8. The van der Waals surface area contributed by atoms with Gasteiger partial charge >= 0.3 is 0 Å². The Kier molecular flexibility index (Phi) is 3.11. The fourth-order valence-electron chi connectivity index (χ4n) is 1.39. The summed E-state index contributed by atoms with van der Waals surface area (Å²) in [5.74, 6) is 0. The molecular weight excluding hydrogens is 301 g/mol. The molecule has 0 aliphatic carbocycles. The molecular formula is C12H8INO. The van der Waals surface area contributed by atoms with Crippen LogP contribution in [0.4, 0.5) is 0 Å². The molecule has 0 saturated carbocycles. The van der Waals surface area contributed by atoms with Crippen LogP contribution in [-0.4, -0.2) is 11.3 Å². The molecule has 0 atom stereocenters. The van der Waals surface area contributed by atoms with Crippen molar-refractivity contribution >= 4 is 28.9 Å². The highest BCUT2D eigenvalue weighted by molar-refractivity contribution is 14.1. The number of benzene rings is 1. The third-order valence-corrected chi connectivity index (χ3v) is 2.85. The molecule has 0 saturated heterocycles. The molecule has 0 amide bonds. The lowest BCUT2D eigenvalue weighted by Gasteiger charge is -2.03. The molecule has 0 aliphatic heterocycles. The van der Waals surface area contributed by atoms with E-state index in [1.165, 1.54) is 3.57 Å². The predicted molar refractivity (Wildman–Crippen MR) is 67.8 cm³/mol. The number of carbonyl (C=O) groups is 1. The largest absolute Gasteiger partial charge is 0.298 e. The van der Waals surface area contributed by atoms with Gasteiger partial charge in [0.1, 0.15) is 0 Å². The number of hydrogen-bond donors (Lipinski definition) is 0. The van der Waals surface area contributed by atoms with Gasteiger partial charge in [0.2, 0.25) is 0 Å². The second-order valence-corrected chi connectivity index (χ2v) is 4.33. The topological polar surface area (TPSA) is 30.0 Å². The van der Waals surface area contributed by atoms with Gasteiger partial charge < -0.3 is 0 Å². The average molecular weight is 309 g/mol. The lowest BCUT2D eigenvalue weighted by molar-refractivity contribution is 0.112. The monoisotopic (exact) mass is 309 g/mol. The van der Waals surface area contributed by atoms with E-state index in [-0.39, 0.29) is 0 Å². The Balaban J connectivity index is 2.53. The molecule has 0 N–H and O–H groups in total. The number of rotatable bonds is 2. The number of pyridine rings is 1. The SMILES string of the molecule is O=Cc1cnccc1-c1ccc(I)cc1. The maximum absolute atomic E-state index is 10.8. The molecule has 1 heterocycles. The lowest BCUT2D eigenvalue weighted by atomic mass is 10.0. The van der Waals surface area contributed by atoms with E-state index < -0.39 is 0 Å². The Morgan fingerprint density at radius 3 is 2.53 bits per heavy atom. The van der Waals surface area contributed by atoms with Crippen LogP contribution >= 0.6 is 22.6 Å². The fourth-order valence-corrected chi connectivity index (χ4v) is 1.75. The Hall–Kier alpha value is -1.23. The fraction of sp³-hybridized carbons (Fsp3) is 0. The minimum Gasteiger partial charge on any atom is -0.298 e. The van der Waals surface area contributed by atoms with Gasteiger partial charge in [0.25, 0.3) is 0 Å². The van der Waals surface area contributed by atoms with E-state index in [4.69, 9.17) is 0 Å². The first-order valence-electron chi connectivity index (χ1n) is 4.46. The molecule has 0 bridgehead atoms. The maximum Gasteiger partial charge on any atom is 0.152 e. The molecule has 15 heavy (non-hydrogen) atoms. The molecule has 2 rings (SSSR count). The Bertz CT molecular complexity index is 479. The zero-order chi connectivity index (χ0) is 10.7. The Morgan fingerprint density at radius 1 is 1.13 bits per heavy atom. The zero-order valence-electron chi connectivity index (χ0n) is 7.85. The van der Waals surface area contributed by atoms with Crippen molar-refractivity contribution in [1.82, 2.24) is 4.98 Å². The minimum absolute atomic E-state index is 0.624. The first-order chi connectivity index (χ1) is 7.31. The van der Waals surface area contributed by atoms with E-state index in [1.54, 1.807) is 12.4 Å². The predicted octanol–water partition coefficient (Wildman–Crippen LogP) is 3.17. The Morgan fingerprint density at radius 2 is 1.87 bits per heavy atom. The quantitative estimate of drug-likeness (QED) is 0.630. The Labute approximate surface area is 101 Å². The second kappa shape index (κ2) is 4.53. The number of aldehydes is 1. The van der Waals surface area contributed by atoms with Crippen LogP contribution in [0.5, 0.6) is 0 Å². The molecule has 1 aromatic heterocycles. The number of aromatic nitrogens is 1. The van der Waals surface area contributed by atoms with Gasteiger partial charge in [-0.05, 0) is 51.9 Å². The third-order valence-electron chi connectivity index (χ3n) is 2.13. The van der Waals surface area contributed by atoms with Gasteiger partial charge in [-0.25, -0.2) is 0 Å². The van der Waals surface area contributed by atoms with Crippen LogP contribution in [0, 0.1) is 3.57 Å². The van der Waals surface area contributed by atoms with Crippen LogP contribution in [0.3, 0.4) is 0 Å². The number of hydrogen-bond acceptors (Lipinski definition) is 2. The van der Waals surface area contributed by atoms with Crippen LogP contribution in [0.2, 0.25) is 0 Å². The van der Waals surface area contributed by atoms with Crippen LogP contribution in [-0.2, 0) is 0 Å². The van der Waals surface area contributed by atoms with Crippen molar-refractivity contribution in [2.45, 2.75) is 0 Å². The van der Waals surface area contributed by atoms with Crippen molar-refractivity contribution in [3.05, 3.63) is 51.9 Å². The minimum atomic E-state index is 0.624. The van der Waals surface area contributed by atoms with E-state index in [9.17, 15) is 4.79 Å². The van der Waals surface area contributed by atoms with E-state index in [2.05, 4.69) is 27.6 Å². The highest BCUT2D eigenvalue weighted by Crippen LogP contribution is 2.22. The van der Waals surface area contributed by atoms with Crippen LogP contribution in [0.1, 0.15) is 10.4 Å². The van der Waals surface area contributed by atoms with Crippen LogP contribution in [0.15, 0.2) is 42.7 Å². The van der Waals surface area contributed by atoms with Gasteiger partial charge in [0.15, 0.2) is 6.29 Å². The van der Waals surface area contributed by atoms with Gasteiger partial charge in [-0.3, -0.25) is 9.78 Å². The van der Waals surface area contributed by atoms with Gasteiger partial charge in [-0.1, -0.05) is 12.1 Å². The summed E-state index contributed by atoms with van der Waals surface area (Å²) in [7, 11) is 0. The molecule has 0 radical (unpaired) electrons. The van der Waals surface area contributed by atoms with Gasteiger partial charge in [0, 0.05) is 21.5 Å². The molecule has 2 aromatic rings. The van der Waals surface area contributed by atoms with Gasteiger partial charge in [-0.15, -0.1) is 0 Å². The van der Waals surface area contributed by atoms with Crippen LogP contribution < -0.4 is 0 Å². The van der Waals surface area contributed by atoms with E-state index in [0.29, 0.717) is 5.56 Å². The molecule has 0 unspecified atom stereocenters. The molecule has 0 fully saturated rings. The number of halogens is 1. The summed E-state index contributed by atoms with van der Waals surface area (Å²) in [6, 6.07) is 9.90. The lowest BCUT2D eigenvalue weighted by Crippen LogP contribution is -1.88. The third kappa shape index (κ3) is 2.23. The highest BCUT2D eigenvalue weighted by atomic mass is 127. The molecule has 3 heteroatoms. The molecule has 0 aliphatic rings. The standard InChI is InChI=1S/C12H8INO/c13-11-3-1-9(2-4-11)12-5-6-14-7-10(12)8-15/h1-8H. The van der Waals surface area contributed by atoms with Gasteiger partial charge in [0.05, 0.1) is 0 Å². The summed E-state index contributed by atoms with van der Waals surface area (Å²) in [5, 5.41) is 0. The highest BCUT2D eigenvalue weighted by Gasteiger charge is 2.03. The second-order valence-electron chi connectivity index (χ2n) is 3.09. The van der Waals surface area contributed by atoms with E-state index >= 15 is 0 Å². The van der Waals surface area contributed by atoms with Crippen molar-refractivity contribution in [2.75, 3.05) is 0 Å². The summed E-state index contributed by atoms with van der Waals surface area (Å²) in [6.07, 6.45) is 4.11. The molecule has 0 spiro atoms. The van der Waals surface area contributed by atoms with E-state index in [0.717, 1.165) is 17.4 Å². The summed E-state index contributed by atoms with van der Waals surface area (Å²) >= 11 is 2.25. The van der Waals surface area contributed by atoms with Crippen LogP contribution in [0.25, 0.3) is 11.1 Å². The first-order valence-corrected chi connectivity index (χ1v) is 5.54. The molecule has 1 aromatic carbocycles. The average Bonchev–Trinajstić information content (AvgIpc) is 2.30. The number of carbonyl (C=O) groups excluding carboxylic acids is 1. The maximum atomic E-state index is 10.8. The summed E-state index contributed by atoms with van der Waals surface area (Å²) < 4.78 is 1.18. The number of nitrogens with zero attached hydrogens (tertiary/aromatic N) is 1.